The third-order valence-corrected chi connectivity index (χ3v) is 4.43. The monoisotopic (exact) mass is 293 g/mol. The van der Waals surface area contributed by atoms with Crippen molar-refractivity contribution in [2.45, 2.75) is 18.2 Å². The number of benzene rings is 2. The quantitative estimate of drug-likeness (QED) is 0.921. The van der Waals surface area contributed by atoms with E-state index in [0.29, 0.717) is 13.0 Å². The highest BCUT2D eigenvalue weighted by Gasteiger charge is 2.12. The third-order valence-electron chi connectivity index (χ3n) is 2.95. The van der Waals surface area contributed by atoms with Crippen molar-refractivity contribution >= 4 is 10.0 Å². The molecule has 0 atom stereocenters. The molecule has 0 aliphatic heterocycles. The van der Waals surface area contributed by atoms with E-state index in [2.05, 4.69) is 4.72 Å². The SMILES string of the molecule is Cc1ccc(CCNS(=O)(=O)c2ccc(F)cc2)cc1. The first-order chi connectivity index (χ1) is 9.47. The van der Waals surface area contributed by atoms with Crippen LogP contribution in [0.2, 0.25) is 0 Å². The third kappa shape index (κ3) is 3.88. The zero-order chi connectivity index (χ0) is 14.6. The number of rotatable bonds is 5. The predicted molar refractivity (Wildman–Crippen MR) is 76.5 cm³/mol. The zero-order valence-electron chi connectivity index (χ0n) is 11.1. The number of nitrogens with one attached hydrogen (secondary N) is 1. The molecular formula is C15H16FNO2S. The highest BCUT2D eigenvalue weighted by atomic mass is 32.2. The molecule has 0 unspecified atom stereocenters. The Labute approximate surface area is 118 Å². The Hall–Kier alpha value is -1.72. The van der Waals surface area contributed by atoms with E-state index in [1.807, 2.05) is 31.2 Å². The largest absolute Gasteiger partial charge is 0.240 e. The molecular weight excluding hydrogens is 277 g/mol. The summed E-state index contributed by atoms with van der Waals surface area (Å²) in [6.45, 7) is 2.31. The van der Waals surface area contributed by atoms with E-state index in [9.17, 15) is 12.8 Å². The fraction of sp³-hybridized carbons (Fsp3) is 0.200. The molecule has 3 nitrogen and oxygen atoms in total. The summed E-state index contributed by atoms with van der Waals surface area (Å²) in [6.07, 6.45) is 0.612. The summed E-state index contributed by atoms with van der Waals surface area (Å²) in [7, 11) is -3.57. The second-order valence-electron chi connectivity index (χ2n) is 4.59. The number of hydrogen-bond donors (Lipinski definition) is 1. The summed E-state index contributed by atoms with van der Waals surface area (Å²) < 4.78 is 39.2. The van der Waals surface area contributed by atoms with E-state index in [1.54, 1.807) is 0 Å². The van der Waals surface area contributed by atoms with Gasteiger partial charge in [-0.25, -0.2) is 17.5 Å². The second-order valence-corrected chi connectivity index (χ2v) is 6.35. The number of sulfonamides is 1. The lowest BCUT2D eigenvalue weighted by Crippen LogP contribution is -2.26. The topological polar surface area (TPSA) is 46.2 Å². The molecule has 2 rings (SSSR count). The van der Waals surface area contributed by atoms with Gasteiger partial charge < -0.3 is 0 Å². The van der Waals surface area contributed by atoms with Crippen LogP contribution in [0.4, 0.5) is 4.39 Å². The minimum atomic E-state index is -3.57. The maximum absolute atomic E-state index is 12.8. The van der Waals surface area contributed by atoms with Gasteiger partial charge in [0, 0.05) is 6.54 Å². The number of aryl methyl sites for hydroxylation is 1. The molecule has 0 aliphatic rings. The van der Waals surface area contributed by atoms with E-state index in [4.69, 9.17) is 0 Å². The van der Waals surface area contributed by atoms with Crippen LogP contribution < -0.4 is 4.72 Å². The molecule has 2 aromatic carbocycles. The first-order valence-electron chi connectivity index (χ1n) is 6.28. The summed E-state index contributed by atoms with van der Waals surface area (Å²) in [6, 6.07) is 12.7. The van der Waals surface area contributed by atoms with Crippen molar-refractivity contribution in [1.82, 2.24) is 4.72 Å². The molecule has 5 heteroatoms. The average molecular weight is 293 g/mol. The predicted octanol–water partition coefficient (Wildman–Crippen LogP) is 2.66. The van der Waals surface area contributed by atoms with E-state index >= 15 is 0 Å². The molecule has 106 valence electrons. The van der Waals surface area contributed by atoms with Crippen molar-refractivity contribution < 1.29 is 12.8 Å². The lowest BCUT2D eigenvalue weighted by Gasteiger charge is -2.07. The second kappa shape index (κ2) is 6.15. The van der Waals surface area contributed by atoms with Gasteiger partial charge in [-0.1, -0.05) is 29.8 Å². The summed E-state index contributed by atoms with van der Waals surface area (Å²) >= 11 is 0. The molecule has 0 saturated carbocycles. The maximum atomic E-state index is 12.8. The molecule has 2 aromatic rings. The highest BCUT2D eigenvalue weighted by molar-refractivity contribution is 7.89. The van der Waals surface area contributed by atoms with Crippen LogP contribution in [0.25, 0.3) is 0 Å². The maximum Gasteiger partial charge on any atom is 0.240 e. The highest BCUT2D eigenvalue weighted by Crippen LogP contribution is 2.10. The van der Waals surface area contributed by atoms with Crippen LogP contribution in [-0.4, -0.2) is 15.0 Å². The van der Waals surface area contributed by atoms with E-state index in [-0.39, 0.29) is 4.90 Å². The normalized spacial score (nSPS) is 11.5. The summed E-state index contributed by atoms with van der Waals surface area (Å²) in [5, 5.41) is 0. The molecule has 0 spiro atoms. The smallest absolute Gasteiger partial charge is 0.211 e. The Morgan fingerprint density at radius 3 is 2.20 bits per heavy atom. The molecule has 0 heterocycles. The van der Waals surface area contributed by atoms with Gasteiger partial charge in [-0.15, -0.1) is 0 Å². The van der Waals surface area contributed by atoms with Crippen molar-refractivity contribution in [2.75, 3.05) is 6.54 Å². The van der Waals surface area contributed by atoms with Gasteiger partial charge in [0.15, 0.2) is 0 Å². The Balaban J connectivity index is 1.96. The van der Waals surface area contributed by atoms with Crippen LogP contribution in [0, 0.1) is 12.7 Å². The molecule has 1 N–H and O–H groups in total. The van der Waals surface area contributed by atoms with Crippen molar-refractivity contribution in [3.05, 3.63) is 65.5 Å². The molecule has 0 radical (unpaired) electrons. The van der Waals surface area contributed by atoms with Crippen molar-refractivity contribution in [2.24, 2.45) is 0 Å². The Kier molecular flexibility index (Phi) is 4.52. The van der Waals surface area contributed by atoms with Gasteiger partial charge in [-0.2, -0.15) is 0 Å². The van der Waals surface area contributed by atoms with Crippen molar-refractivity contribution in [3.8, 4) is 0 Å². The fourth-order valence-corrected chi connectivity index (χ4v) is 2.81. The first kappa shape index (κ1) is 14.7. The van der Waals surface area contributed by atoms with Crippen LogP contribution in [-0.2, 0) is 16.4 Å². The minimum Gasteiger partial charge on any atom is -0.211 e. The standard InChI is InChI=1S/C15H16FNO2S/c1-12-2-4-13(5-3-12)10-11-17-20(18,19)15-8-6-14(16)7-9-15/h2-9,17H,10-11H2,1H3. The van der Waals surface area contributed by atoms with Crippen LogP contribution in [0.1, 0.15) is 11.1 Å². The molecule has 0 fully saturated rings. The van der Waals surface area contributed by atoms with Crippen molar-refractivity contribution in [3.63, 3.8) is 0 Å². The summed E-state index contributed by atoms with van der Waals surface area (Å²) in [5.74, 6) is -0.455. The lowest BCUT2D eigenvalue weighted by molar-refractivity contribution is 0.580. The van der Waals surface area contributed by atoms with Crippen LogP contribution >= 0.6 is 0 Å². The van der Waals surface area contributed by atoms with Crippen LogP contribution in [0.5, 0.6) is 0 Å². The van der Waals surface area contributed by atoms with Gasteiger partial charge in [0.2, 0.25) is 10.0 Å². The van der Waals surface area contributed by atoms with Gasteiger partial charge in [0.05, 0.1) is 4.90 Å². The summed E-state index contributed by atoms with van der Waals surface area (Å²) in [5.41, 5.74) is 2.23. The summed E-state index contributed by atoms with van der Waals surface area (Å²) in [4.78, 5) is 0.0720. The van der Waals surface area contributed by atoms with E-state index in [1.165, 1.54) is 17.7 Å². The fourth-order valence-electron chi connectivity index (χ4n) is 1.78. The van der Waals surface area contributed by atoms with E-state index < -0.39 is 15.8 Å². The lowest BCUT2D eigenvalue weighted by atomic mass is 10.1. The van der Waals surface area contributed by atoms with Crippen LogP contribution in [0.15, 0.2) is 53.4 Å². The van der Waals surface area contributed by atoms with Crippen molar-refractivity contribution in [1.29, 1.82) is 0 Å². The molecule has 0 amide bonds. The Bertz CT molecular complexity index is 664. The molecule has 0 bridgehead atoms. The van der Waals surface area contributed by atoms with Gasteiger partial charge in [0.25, 0.3) is 0 Å². The minimum absolute atomic E-state index is 0.0720. The van der Waals surface area contributed by atoms with Gasteiger partial charge in [-0.05, 0) is 43.2 Å². The van der Waals surface area contributed by atoms with Gasteiger partial charge in [0.1, 0.15) is 5.82 Å². The molecule has 0 saturated heterocycles. The molecule has 20 heavy (non-hydrogen) atoms. The zero-order valence-corrected chi connectivity index (χ0v) is 12.0. The van der Waals surface area contributed by atoms with E-state index in [0.717, 1.165) is 17.7 Å². The Morgan fingerprint density at radius 1 is 1.00 bits per heavy atom. The number of halogens is 1. The average Bonchev–Trinajstić information content (AvgIpc) is 2.41. The first-order valence-corrected chi connectivity index (χ1v) is 7.76. The van der Waals surface area contributed by atoms with Gasteiger partial charge in [-0.3, -0.25) is 0 Å². The van der Waals surface area contributed by atoms with Gasteiger partial charge >= 0.3 is 0 Å². The number of hydrogen-bond acceptors (Lipinski definition) is 2. The Morgan fingerprint density at radius 2 is 1.60 bits per heavy atom. The molecule has 0 aromatic heterocycles. The van der Waals surface area contributed by atoms with Crippen LogP contribution in [0.3, 0.4) is 0 Å². The molecule has 0 aliphatic carbocycles.